The van der Waals surface area contributed by atoms with Crippen molar-refractivity contribution in [2.75, 3.05) is 52.5 Å². The predicted molar refractivity (Wildman–Crippen MR) is 99.5 cm³/mol. The maximum atomic E-state index is 13.0. The highest BCUT2D eigenvalue weighted by atomic mass is 16.5. The zero-order valence-electron chi connectivity index (χ0n) is 16.4. The fraction of sp³-hybridized carbons (Fsp3) is 0.789. The number of ether oxygens (including phenoxy) is 1. The molecule has 3 aliphatic rings. The Morgan fingerprint density at radius 2 is 1.61 bits per heavy atom. The van der Waals surface area contributed by atoms with Gasteiger partial charge in [-0.1, -0.05) is 5.16 Å². The van der Waals surface area contributed by atoms with E-state index in [1.165, 1.54) is 0 Å². The van der Waals surface area contributed by atoms with Crippen molar-refractivity contribution in [2.45, 2.75) is 32.1 Å². The summed E-state index contributed by atoms with van der Waals surface area (Å²) in [5, 5.41) is 7.33. The van der Waals surface area contributed by atoms with Gasteiger partial charge in [-0.05, 0) is 19.3 Å². The van der Waals surface area contributed by atoms with E-state index in [1.54, 1.807) is 6.92 Å². The molecule has 9 nitrogen and oxygen atoms in total. The SMILES string of the molecule is Cc1nc(C2CCN(C(=O)[C@@H]3CNC[C@H](C(=O)N4CCOCC4)C3)CC2)no1. The molecule has 0 unspecified atom stereocenters. The second kappa shape index (κ2) is 8.57. The van der Waals surface area contributed by atoms with Gasteiger partial charge in [0.05, 0.1) is 25.0 Å². The third kappa shape index (κ3) is 4.20. The standard InChI is InChI=1S/C19H29N5O4/c1-13-21-17(22-28-13)14-2-4-23(5-3-14)18(25)15-10-16(12-20-11-15)19(26)24-6-8-27-9-7-24/h14-16,20H,2-12H2,1H3/t15-,16+/m0/s1. The Kier molecular flexibility index (Phi) is 5.91. The molecular formula is C19H29N5O4. The molecule has 1 aromatic heterocycles. The van der Waals surface area contributed by atoms with Crippen molar-refractivity contribution < 1.29 is 18.8 Å². The largest absolute Gasteiger partial charge is 0.378 e. The average molecular weight is 391 g/mol. The number of hydrogen-bond acceptors (Lipinski definition) is 7. The smallest absolute Gasteiger partial charge is 0.227 e. The summed E-state index contributed by atoms with van der Waals surface area (Å²) in [6.45, 7) is 7.00. The lowest BCUT2D eigenvalue weighted by Gasteiger charge is -2.37. The molecule has 154 valence electrons. The number of nitrogens with zero attached hydrogens (tertiary/aromatic N) is 4. The Hall–Kier alpha value is -2.00. The number of morpholine rings is 1. The van der Waals surface area contributed by atoms with E-state index in [0.717, 1.165) is 18.7 Å². The van der Waals surface area contributed by atoms with Crippen LogP contribution in [-0.4, -0.2) is 84.2 Å². The second-order valence-corrected chi connectivity index (χ2v) is 8.00. The van der Waals surface area contributed by atoms with Crippen molar-refractivity contribution in [1.82, 2.24) is 25.3 Å². The first kappa shape index (κ1) is 19.3. The van der Waals surface area contributed by atoms with Crippen molar-refractivity contribution in [3.05, 3.63) is 11.7 Å². The molecule has 28 heavy (non-hydrogen) atoms. The number of hydrogen-bond donors (Lipinski definition) is 1. The molecule has 0 aliphatic carbocycles. The molecule has 3 aliphatic heterocycles. The molecule has 4 heterocycles. The molecule has 0 radical (unpaired) electrons. The molecule has 0 saturated carbocycles. The molecule has 0 spiro atoms. The monoisotopic (exact) mass is 391 g/mol. The van der Waals surface area contributed by atoms with E-state index in [1.807, 2.05) is 9.80 Å². The molecule has 4 rings (SSSR count). The van der Waals surface area contributed by atoms with Crippen LogP contribution in [0.5, 0.6) is 0 Å². The van der Waals surface area contributed by atoms with Crippen LogP contribution < -0.4 is 5.32 Å². The third-order valence-corrected chi connectivity index (χ3v) is 6.09. The van der Waals surface area contributed by atoms with Gasteiger partial charge in [-0.15, -0.1) is 0 Å². The van der Waals surface area contributed by atoms with Crippen molar-refractivity contribution in [1.29, 1.82) is 0 Å². The Morgan fingerprint density at radius 3 is 2.18 bits per heavy atom. The van der Waals surface area contributed by atoms with E-state index in [-0.39, 0.29) is 29.6 Å². The molecule has 3 saturated heterocycles. The quantitative estimate of drug-likeness (QED) is 0.784. The zero-order chi connectivity index (χ0) is 19.5. The van der Waals surface area contributed by atoms with E-state index in [2.05, 4.69) is 15.5 Å². The molecule has 1 N–H and O–H groups in total. The molecule has 9 heteroatoms. The van der Waals surface area contributed by atoms with Gasteiger partial charge in [-0.3, -0.25) is 9.59 Å². The van der Waals surface area contributed by atoms with Gasteiger partial charge < -0.3 is 24.4 Å². The summed E-state index contributed by atoms with van der Waals surface area (Å²) in [4.78, 5) is 34.0. The summed E-state index contributed by atoms with van der Waals surface area (Å²) in [5.74, 6) is 1.64. The first-order chi connectivity index (χ1) is 13.6. The summed E-state index contributed by atoms with van der Waals surface area (Å²) in [6.07, 6.45) is 2.33. The first-order valence-corrected chi connectivity index (χ1v) is 10.3. The number of aromatic nitrogens is 2. The molecule has 2 amide bonds. The van der Waals surface area contributed by atoms with E-state index in [4.69, 9.17) is 9.26 Å². The van der Waals surface area contributed by atoms with Gasteiger partial charge in [0, 0.05) is 52.1 Å². The van der Waals surface area contributed by atoms with Gasteiger partial charge in [0.2, 0.25) is 17.7 Å². The highest BCUT2D eigenvalue weighted by molar-refractivity contribution is 5.83. The predicted octanol–water partition coefficient (Wildman–Crippen LogP) is 0.169. The molecule has 3 fully saturated rings. The summed E-state index contributed by atoms with van der Waals surface area (Å²) in [5.41, 5.74) is 0. The van der Waals surface area contributed by atoms with Gasteiger partial charge >= 0.3 is 0 Å². The van der Waals surface area contributed by atoms with Crippen LogP contribution in [0.2, 0.25) is 0 Å². The molecule has 0 aromatic carbocycles. The van der Waals surface area contributed by atoms with Crippen LogP contribution in [0.1, 0.15) is 36.9 Å². The van der Waals surface area contributed by atoms with E-state index in [9.17, 15) is 9.59 Å². The van der Waals surface area contributed by atoms with Crippen molar-refractivity contribution in [3.8, 4) is 0 Å². The first-order valence-electron chi connectivity index (χ1n) is 10.3. The normalized spacial score (nSPS) is 27.0. The van der Waals surface area contributed by atoms with Crippen LogP contribution in [0, 0.1) is 18.8 Å². The highest BCUT2D eigenvalue weighted by Gasteiger charge is 2.36. The van der Waals surface area contributed by atoms with Crippen molar-refractivity contribution in [2.24, 2.45) is 11.8 Å². The molecule has 1 aromatic rings. The van der Waals surface area contributed by atoms with Crippen molar-refractivity contribution >= 4 is 11.8 Å². The van der Waals surface area contributed by atoms with Crippen LogP contribution in [0.15, 0.2) is 4.52 Å². The number of likely N-dealkylation sites (tertiary alicyclic amines) is 1. The minimum atomic E-state index is -0.132. The van der Waals surface area contributed by atoms with Crippen LogP contribution in [0.4, 0.5) is 0 Å². The Bertz CT molecular complexity index is 694. The fourth-order valence-corrected chi connectivity index (χ4v) is 4.46. The van der Waals surface area contributed by atoms with Gasteiger partial charge in [0.1, 0.15) is 0 Å². The molecule has 2 atom stereocenters. The maximum Gasteiger partial charge on any atom is 0.227 e. The fourth-order valence-electron chi connectivity index (χ4n) is 4.46. The number of rotatable bonds is 3. The number of carbonyl (C=O) groups excluding carboxylic acids is 2. The lowest BCUT2D eigenvalue weighted by atomic mass is 9.87. The number of nitrogens with one attached hydrogen (secondary N) is 1. The third-order valence-electron chi connectivity index (χ3n) is 6.09. The van der Waals surface area contributed by atoms with Crippen LogP contribution in [0.25, 0.3) is 0 Å². The van der Waals surface area contributed by atoms with E-state index < -0.39 is 0 Å². The summed E-state index contributed by atoms with van der Waals surface area (Å²) in [7, 11) is 0. The lowest BCUT2D eigenvalue weighted by Crippen LogP contribution is -2.52. The number of amides is 2. The Balaban J connectivity index is 1.30. The number of aryl methyl sites for hydroxylation is 1. The lowest BCUT2D eigenvalue weighted by molar-refractivity contribution is -0.143. The van der Waals surface area contributed by atoms with Gasteiger partial charge in [0.15, 0.2) is 5.82 Å². The van der Waals surface area contributed by atoms with E-state index >= 15 is 0 Å². The van der Waals surface area contributed by atoms with Crippen LogP contribution >= 0.6 is 0 Å². The van der Waals surface area contributed by atoms with Gasteiger partial charge in [-0.2, -0.15) is 4.98 Å². The summed E-state index contributed by atoms with van der Waals surface area (Å²) < 4.78 is 10.4. The topological polar surface area (TPSA) is 101 Å². The van der Waals surface area contributed by atoms with E-state index in [0.29, 0.717) is 64.8 Å². The average Bonchev–Trinajstić information content (AvgIpc) is 3.20. The van der Waals surface area contributed by atoms with Gasteiger partial charge in [-0.25, -0.2) is 0 Å². The number of carbonyl (C=O) groups is 2. The maximum absolute atomic E-state index is 13.0. The summed E-state index contributed by atoms with van der Waals surface area (Å²) >= 11 is 0. The molecule has 0 bridgehead atoms. The van der Waals surface area contributed by atoms with Crippen LogP contribution in [0.3, 0.4) is 0 Å². The van der Waals surface area contributed by atoms with Gasteiger partial charge in [0.25, 0.3) is 0 Å². The number of piperidine rings is 2. The molecular weight excluding hydrogens is 362 g/mol. The Morgan fingerprint density at radius 1 is 1.00 bits per heavy atom. The zero-order valence-corrected chi connectivity index (χ0v) is 16.4. The Labute approximate surface area is 164 Å². The van der Waals surface area contributed by atoms with Crippen LogP contribution in [-0.2, 0) is 14.3 Å². The minimum absolute atomic E-state index is 0.124. The minimum Gasteiger partial charge on any atom is -0.378 e. The van der Waals surface area contributed by atoms with Crippen molar-refractivity contribution in [3.63, 3.8) is 0 Å². The summed E-state index contributed by atoms with van der Waals surface area (Å²) in [6, 6.07) is 0. The second-order valence-electron chi connectivity index (χ2n) is 8.00. The highest BCUT2D eigenvalue weighted by Crippen LogP contribution is 2.28.